The second kappa shape index (κ2) is 9.89. The minimum atomic E-state index is -0.554. The van der Waals surface area contributed by atoms with Gasteiger partial charge in [0.1, 0.15) is 17.3 Å². The highest BCUT2D eigenvalue weighted by atomic mass is 35.5. The van der Waals surface area contributed by atoms with E-state index in [0.717, 1.165) is 49.4 Å². The van der Waals surface area contributed by atoms with Gasteiger partial charge in [0.25, 0.3) is 0 Å². The number of aryl methyl sites for hydroxylation is 1. The van der Waals surface area contributed by atoms with E-state index >= 15 is 8.78 Å². The average molecular weight is 497 g/mol. The summed E-state index contributed by atoms with van der Waals surface area (Å²) in [7, 11) is 0. The Bertz CT molecular complexity index is 1340. The molecule has 0 aliphatic carbocycles. The number of nitrogens with zero attached hydrogens (tertiary/aromatic N) is 5. The van der Waals surface area contributed by atoms with Crippen molar-refractivity contribution in [2.45, 2.75) is 20.4 Å². The number of aromatic nitrogens is 3. The van der Waals surface area contributed by atoms with Crippen LogP contribution in [0, 0.1) is 18.6 Å². The molecule has 0 unspecified atom stereocenters. The standard InChI is InChI=1S/C26H27ClF2N6/c1-3-33-8-10-34(11-9-33)16-21-23(28)13-20(14-24(21)29)35-7-6-18-15-30-26(32-25(18)35)31-19-5-4-17(2)22(27)12-19/h4-7,12-15H,3,8-11,16H2,1-2H3,(H,30,31,32). The number of hydrogen-bond acceptors (Lipinski definition) is 5. The quantitative estimate of drug-likeness (QED) is 0.380. The molecule has 5 rings (SSSR count). The first-order valence-electron chi connectivity index (χ1n) is 11.7. The molecule has 9 heteroatoms. The number of nitrogens with one attached hydrogen (secondary N) is 1. The molecule has 2 aromatic carbocycles. The molecule has 35 heavy (non-hydrogen) atoms. The van der Waals surface area contributed by atoms with Crippen molar-refractivity contribution in [2.75, 3.05) is 38.0 Å². The Hall–Kier alpha value is -3.07. The van der Waals surface area contributed by atoms with Gasteiger partial charge in [0.05, 0.1) is 5.69 Å². The molecule has 0 radical (unpaired) electrons. The molecule has 182 valence electrons. The van der Waals surface area contributed by atoms with Crippen molar-refractivity contribution in [3.8, 4) is 5.69 Å². The summed E-state index contributed by atoms with van der Waals surface area (Å²) in [5.74, 6) is -0.746. The summed E-state index contributed by atoms with van der Waals surface area (Å²) in [4.78, 5) is 13.4. The Kier molecular flexibility index (Phi) is 6.69. The predicted octanol–water partition coefficient (Wildman–Crippen LogP) is 5.54. The number of likely N-dealkylation sites (N-methyl/N-ethyl adjacent to an activating group) is 1. The molecule has 0 atom stereocenters. The Labute approximate surface area is 208 Å². The van der Waals surface area contributed by atoms with E-state index in [2.05, 4.69) is 32.0 Å². The minimum Gasteiger partial charge on any atom is -0.324 e. The van der Waals surface area contributed by atoms with Crippen molar-refractivity contribution in [1.82, 2.24) is 24.3 Å². The lowest BCUT2D eigenvalue weighted by Crippen LogP contribution is -2.45. The van der Waals surface area contributed by atoms with Gasteiger partial charge in [-0.2, -0.15) is 4.98 Å². The van der Waals surface area contributed by atoms with Crippen LogP contribution in [0.15, 0.2) is 48.8 Å². The molecule has 1 fully saturated rings. The molecule has 1 N–H and O–H groups in total. The molecule has 4 aromatic rings. The first kappa shape index (κ1) is 23.7. The van der Waals surface area contributed by atoms with Crippen LogP contribution in [0.5, 0.6) is 0 Å². The summed E-state index contributed by atoms with van der Waals surface area (Å²) in [6, 6.07) is 10.2. The fourth-order valence-corrected chi connectivity index (χ4v) is 4.53. The van der Waals surface area contributed by atoms with Crippen molar-refractivity contribution in [2.24, 2.45) is 0 Å². The Morgan fingerprint density at radius 1 is 1.00 bits per heavy atom. The van der Waals surface area contributed by atoms with Gasteiger partial charge in [-0.15, -0.1) is 0 Å². The number of fused-ring (bicyclic) bond motifs is 1. The number of hydrogen-bond donors (Lipinski definition) is 1. The summed E-state index contributed by atoms with van der Waals surface area (Å²) in [5.41, 5.74) is 2.74. The third kappa shape index (κ3) is 5.00. The van der Waals surface area contributed by atoms with E-state index in [4.69, 9.17) is 11.6 Å². The van der Waals surface area contributed by atoms with Crippen molar-refractivity contribution >= 4 is 34.3 Å². The molecule has 0 saturated carbocycles. The second-order valence-electron chi connectivity index (χ2n) is 8.85. The van der Waals surface area contributed by atoms with Crippen LogP contribution in [-0.2, 0) is 6.54 Å². The summed E-state index contributed by atoms with van der Waals surface area (Å²) in [6.45, 7) is 8.74. The Morgan fingerprint density at radius 3 is 2.40 bits per heavy atom. The van der Waals surface area contributed by atoms with Gasteiger partial charge in [-0.25, -0.2) is 13.8 Å². The van der Waals surface area contributed by atoms with Crippen molar-refractivity contribution < 1.29 is 8.78 Å². The lowest BCUT2D eigenvalue weighted by molar-refractivity contribution is 0.129. The van der Waals surface area contributed by atoms with Gasteiger partial charge in [0, 0.05) is 66.8 Å². The second-order valence-corrected chi connectivity index (χ2v) is 9.25. The fraction of sp³-hybridized carbons (Fsp3) is 0.308. The number of halogens is 3. The molecule has 0 spiro atoms. The van der Waals surface area contributed by atoms with Gasteiger partial charge in [-0.05, 0) is 49.4 Å². The van der Waals surface area contributed by atoms with Crippen LogP contribution in [-0.4, -0.2) is 57.1 Å². The first-order valence-corrected chi connectivity index (χ1v) is 12.1. The Morgan fingerprint density at radius 2 is 1.71 bits per heavy atom. The van der Waals surface area contributed by atoms with E-state index < -0.39 is 11.6 Å². The molecule has 1 aliphatic rings. The van der Waals surface area contributed by atoms with E-state index in [0.29, 0.717) is 22.3 Å². The average Bonchev–Trinajstić information content (AvgIpc) is 3.27. The summed E-state index contributed by atoms with van der Waals surface area (Å²) < 4.78 is 31.8. The molecular weight excluding hydrogens is 470 g/mol. The smallest absolute Gasteiger partial charge is 0.229 e. The third-order valence-corrected chi connectivity index (χ3v) is 6.96. The summed E-state index contributed by atoms with van der Waals surface area (Å²) in [5, 5.41) is 4.54. The molecular formula is C26H27ClF2N6. The highest BCUT2D eigenvalue weighted by Gasteiger charge is 2.20. The number of piperazine rings is 1. The normalized spacial score (nSPS) is 15.1. The zero-order chi connectivity index (χ0) is 24.5. The zero-order valence-corrected chi connectivity index (χ0v) is 20.5. The summed E-state index contributed by atoms with van der Waals surface area (Å²) >= 11 is 6.22. The molecule has 0 amide bonds. The molecule has 0 bridgehead atoms. The van der Waals surface area contributed by atoms with Gasteiger partial charge in [0.2, 0.25) is 5.95 Å². The van der Waals surface area contributed by atoms with Crippen LogP contribution >= 0.6 is 11.6 Å². The number of rotatable bonds is 6. The van der Waals surface area contributed by atoms with Crippen molar-refractivity contribution in [3.05, 3.63) is 76.6 Å². The third-order valence-electron chi connectivity index (χ3n) is 6.55. The van der Waals surface area contributed by atoms with Gasteiger partial charge in [-0.3, -0.25) is 4.90 Å². The maximum Gasteiger partial charge on any atom is 0.229 e. The first-order chi connectivity index (χ1) is 16.9. The SMILES string of the molecule is CCN1CCN(Cc2c(F)cc(-n3ccc4cnc(Nc5ccc(C)c(Cl)c5)nc43)cc2F)CC1. The van der Waals surface area contributed by atoms with Gasteiger partial charge >= 0.3 is 0 Å². The van der Waals surface area contributed by atoms with Crippen molar-refractivity contribution in [1.29, 1.82) is 0 Å². The van der Waals surface area contributed by atoms with Gasteiger partial charge in [0.15, 0.2) is 0 Å². The van der Waals surface area contributed by atoms with E-state index in [9.17, 15) is 0 Å². The topological polar surface area (TPSA) is 49.2 Å². The number of benzene rings is 2. The van der Waals surface area contributed by atoms with E-state index in [1.54, 1.807) is 23.0 Å². The predicted molar refractivity (Wildman–Crippen MR) is 136 cm³/mol. The monoisotopic (exact) mass is 496 g/mol. The maximum atomic E-state index is 15.1. The van der Waals surface area contributed by atoms with E-state index in [-0.39, 0.29) is 12.1 Å². The van der Waals surface area contributed by atoms with Crippen LogP contribution in [0.3, 0.4) is 0 Å². The highest BCUT2D eigenvalue weighted by molar-refractivity contribution is 6.31. The minimum absolute atomic E-state index is 0.100. The Balaban J connectivity index is 1.40. The zero-order valence-electron chi connectivity index (χ0n) is 19.7. The lowest BCUT2D eigenvalue weighted by Gasteiger charge is -2.34. The van der Waals surface area contributed by atoms with Gasteiger partial charge < -0.3 is 14.8 Å². The maximum absolute atomic E-state index is 15.1. The van der Waals surface area contributed by atoms with Crippen LogP contribution in [0.25, 0.3) is 16.7 Å². The van der Waals surface area contributed by atoms with E-state index in [1.807, 2.05) is 25.1 Å². The van der Waals surface area contributed by atoms with Crippen LogP contribution in [0.1, 0.15) is 18.1 Å². The van der Waals surface area contributed by atoms with Crippen LogP contribution < -0.4 is 5.32 Å². The van der Waals surface area contributed by atoms with Crippen LogP contribution in [0.4, 0.5) is 20.4 Å². The molecule has 1 aliphatic heterocycles. The largest absolute Gasteiger partial charge is 0.324 e. The molecule has 2 aromatic heterocycles. The van der Waals surface area contributed by atoms with Crippen LogP contribution in [0.2, 0.25) is 5.02 Å². The number of anilines is 2. The molecule has 6 nitrogen and oxygen atoms in total. The van der Waals surface area contributed by atoms with Crippen molar-refractivity contribution in [3.63, 3.8) is 0 Å². The fourth-order valence-electron chi connectivity index (χ4n) is 4.35. The van der Waals surface area contributed by atoms with E-state index in [1.165, 1.54) is 12.1 Å². The highest BCUT2D eigenvalue weighted by Crippen LogP contribution is 2.26. The summed E-state index contributed by atoms with van der Waals surface area (Å²) in [6.07, 6.45) is 3.41. The lowest BCUT2D eigenvalue weighted by atomic mass is 10.1. The van der Waals surface area contributed by atoms with Gasteiger partial charge in [-0.1, -0.05) is 24.6 Å². The molecule has 1 saturated heterocycles. The molecule has 3 heterocycles.